The molecule has 0 aliphatic rings. The van der Waals surface area contributed by atoms with Gasteiger partial charge in [-0.2, -0.15) is 5.26 Å². The van der Waals surface area contributed by atoms with E-state index in [1.165, 1.54) is 5.56 Å². The number of hydrogen-bond donors (Lipinski definition) is 0. The molecule has 2 aromatic carbocycles. The highest BCUT2D eigenvalue weighted by Crippen LogP contribution is 2.32. The van der Waals surface area contributed by atoms with Crippen LogP contribution < -0.4 is 4.74 Å². The number of ether oxygens (including phenoxy) is 1. The molecule has 114 valence electrons. The topological polar surface area (TPSA) is 33.0 Å². The van der Waals surface area contributed by atoms with Gasteiger partial charge in [0.2, 0.25) is 0 Å². The van der Waals surface area contributed by atoms with Crippen LogP contribution in [-0.4, -0.2) is 7.11 Å². The molecule has 0 amide bonds. The third-order valence-electron chi connectivity index (χ3n) is 3.67. The van der Waals surface area contributed by atoms with E-state index in [1.54, 1.807) is 19.2 Å². The number of aryl methyl sites for hydroxylation is 1. The van der Waals surface area contributed by atoms with Gasteiger partial charge in [-0.25, -0.2) is 0 Å². The van der Waals surface area contributed by atoms with Gasteiger partial charge in [0.25, 0.3) is 0 Å². The van der Waals surface area contributed by atoms with Crippen LogP contribution >= 0.6 is 23.2 Å². The molecular formula is C18H17Cl2NO. The standard InChI is InChI=1S/C18H17Cl2NO/c1-3-12-4-7-18(22-2)16(8-12)14(11-21)9-13-5-6-15(19)10-17(13)20/h4-8,10,14H,3,9H2,1-2H3. The molecule has 0 aliphatic carbocycles. The first-order chi connectivity index (χ1) is 10.6. The predicted molar refractivity (Wildman–Crippen MR) is 90.9 cm³/mol. The van der Waals surface area contributed by atoms with E-state index in [-0.39, 0.29) is 5.92 Å². The van der Waals surface area contributed by atoms with E-state index >= 15 is 0 Å². The summed E-state index contributed by atoms with van der Waals surface area (Å²) in [4.78, 5) is 0. The first-order valence-electron chi connectivity index (χ1n) is 7.09. The Labute approximate surface area is 141 Å². The summed E-state index contributed by atoms with van der Waals surface area (Å²) in [7, 11) is 1.62. The Kier molecular flexibility index (Phi) is 5.71. The number of benzene rings is 2. The van der Waals surface area contributed by atoms with Crippen LogP contribution in [0.2, 0.25) is 10.0 Å². The minimum absolute atomic E-state index is 0.319. The van der Waals surface area contributed by atoms with Crippen molar-refractivity contribution in [2.24, 2.45) is 0 Å². The van der Waals surface area contributed by atoms with Crippen molar-refractivity contribution >= 4 is 23.2 Å². The Balaban J connectivity index is 2.38. The van der Waals surface area contributed by atoms with Crippen molar-refractivity contribution in [3.05, 3.63) is 63.1 Å². The van der Waals surface area contributed by atoms with E-state index in [1.807, 2.05) is 24.3 Å². The molecule has 2 nitrogen and oxygen atoms in total. The third kappa shape index (κ3) is 3.74. The van der Waals surface area contributed by atoms with Crippen molar-refractivity contribution in [1.29, 1.82) is 5.26 Å². The zero-order valence-electron chi connectivity index (χ0n) is 12.6. The molecule has 0 fully saturated rings. The van der Waals surface area contributed by atoms with Crippen LogP contribution in [0.5, 0.6) is 5.75 Å². The maximum absolute atomic E-state index is 9.60. The predicted octanol–water partition coefficient (Wildman–Crippen LogP) is 5.41. The van der Waals surface area contributed by atoms with Crippen LogP contribution in [0.25, 0.3) is 0 Å². The lowest BCUT2D eigenvalue weighted by Crippen LogP contribution is -2.04. The molecule has 0 heterocycles. The van der Waals surface area contributed by atoms with Gasteiger partial charge < -0.3 is 4.74 Å². The normalized spacial score (nSPS) is 11.8. The lowest BCUT2D eigenvalue weighted by molar-refractivity contribution is 0.408. The first-order valence-corrected chi connectivity index (χ1v) is 7.85. The smallest absolute Gasteiger partial charge is 0.123 e. The molecular weight excluding hydrogens is 317 g/mol. The van der Waals surface area contributed by atoms with Gasteiger partial charge in [-0.1, -0.05) is 48.3 Å². The summed E-state index contributed by atoms with van der Waals surface area (Å²) in [5.41, 5.74) is 2.98. The lowest BCUT2D eigenvalue weighted by Gasteiger charge is -2.16. The first kappa shape index (κ1) is 16.7. The van der Waals surface area contributed by atoms with E-state index in [4.69, 9.17) is 27.9 Å². The van der Waals surface area contributed by atoms with Crippen LogP contribution in [0.1, 0.15) is 29.5 Å². The summed E-state index contributed by atoms with van der Waals surface area (Å²) in [6.07, 6.45) is 1.44. The number of methoxy groups -OCH3 is 1. The summed E-state index contributed by atoms with van der Waals surface area (Å²) < 4.78 is 5.41. The Morgan fingerprint density at radius 2 is 1.95 bits per heavy atom. The fourth-order valence-corrected chi connectivity index (χ4v) is 2.89. The second-order valence-electron chi connectivity index (χ2n) is 5.05. The molecule has 0 aliphatic heterocycles. The van der Waals surface area contributed by atoms with Gasteiger partial charge in [0.05, 0.1) is 19.1 Å². The van der Waals surface area contributed by atoms with Gasteiger partial charge in [-0.15, -0.1) is 0 Å². The summed E-state index contributed by atoms with van der Waals surface area (Å²) >= 11 is 12.1. The van der Waals surface area contributed by atoms with Gasteiger partial charge in [0.1, 0.15) is 5.75 Å². The molecule has 0 bridgehead atoms. The molecule has 2 aromatic rings. The molecule has 4 heteroatoms. The van der Waals surface area contributed by atoms with Crippen molar-refractivity contribution in [2.45, 2.75) is 25.7 Å². The van der Waals surface area contributed by atoms with E-state index in [2.05, 4.69) is 13.0 Å². The molecule has 0 saturated heterocycles. The number of rotatable bonds is 5. The van der Waals surface area contributed by atoms with E-state index in [0.717, 1.165) is 23.3 Å². The quantitative estimate of drug-likeness (QED) is 0.732. The zero-order valence-corrected chi connectivity index (χ0v) is 14.1. The molecule has 0 N–H and O–H groups in total. The highest BCUT2D eigenvalue weighted by Gasteiger charge is 2.18. The van der Waals surface area contributed by atoms with Gasteiger partial charge in [-0.05, 0) is 42.2 Å². The van der Waals surface area contributed by atoms with E-state index in [0.29, 0.717) is 16.5 Å². The van der Waals surface area contributed by atoms with Crippen molar-refractivity contribution in [3.8, 4) is 11.8 Å². The fraction of sp³-hybridized carbons (Fsp3) is 0.278. The Hall–Kier alpha value is -1.69. The second kappa shape index (κ2) is 7.54. The largest absolute Gasteiger partial charge is 0.496 e. The Morgan fingerprint density at radius 1 is 1.18 bits per heavy atom. The maximum Gasteiger partial charge on any atom is 0.123 e. The minimum atomic E-state index is -0.319. The van der Waals surface area contributed by atoms with E-state index in [9.17, 15) is 5.26 Å². The van der Waals surface area contributed by atoms with E-state index < -0.39 is 0 Å². The van der Waals surface area contributed by atoms with Gasteiger partial charge in [0, 0.05) is 15.6 Å². The van der Waals surface area contributed by atoms with Crippen molar-refractivity contribution in [2.75, 3.05) is 7.11 Å². The van der Waals surface area contributed by atoms with Crippen LogP contribution in [0.15, 0.2) is 36.4 Å². The Morgan fingerprint density at radius 3 is 2.55 bits per heavy atom. The van der Waals surface area contributed by atoms with Crippen LogP contribution in [0, 0.1) is 11.3 Å². The highest BCUT2D eigenvalue weighted by molar-refractivity contribution is 6.35. The maximum atomic E-state index is 9.60. The fourth-order valence-electron chi connectivity index (χ4n) is 2.41. The number of halogens is 2. The molecule has 2 rings (SSSR count). The van der Waals surface area contributed by atoms with Crippen molar-refractivity contribution in [1.82, 2.24) is 0 Å². The zero-order chi connectivity index (χ0) is 16.1. The molecule has 0 aromatic heterocycles. The average molecular weight is 334 g/mol. The number of nitriles is 1. The molecule has 1 unspecified atom stereocenters. The monoisotopic (exact) mass is 333 g/mol. The SMILES string of the molecule is CCc1ccc(OC)c(C(C#N)Cc2ccc(Cl)cc2Cl)c1. The average Bonchev–Trinajstić information content (AvgIpc) is 2.53. The minimum Gasteiger partial charge on any atom is -0.496 e. The Bertz CT molecular complexity index is 707. The highest BCUT2D eigenvalue weighted by atomic mass is 35.5. The van der Waals surface area contributed by atoms with Crippen molar-refractivity contribution in [3.63, 3.8) is 0 Å². The number of hydrogen-bond acceptors (Lipinski definition) is 2. The third-order valence-corrected chi connectivity index (χ3v) is 4.26. The molecule has 0 saturated carbocycles. The van der Waals surface area contributed by atoms with Gasteiger partial charge in [-0.3, -0.25) is 0 Å². The summed E-state index contributed by atoms with van der Waals surface area (Å²) in [6, 6.07) is 13.7. The van der Waals surface area contributed by atoms with Gasteiger partial charge >= 0.3 is 0 Å². The van der Waals surface area contributed by atoms with Gasteiger partial charge in [0.15, 0.2) is 0 Å². The summed E-state index contributed by atoms with van der Waals surface area (Å²) in [5, 5.41) is 10.8. The van der Waals surface area contributed by atoms with Crippen LogP contribution in [0.4, 0.5) is 0 Å². The molecule has 0 spiro atoms. The second-order valence-corrected chi connectivity index (χ2v) is 5.90. The summed E-state index contributed by atoms with van der Waals surface area (Å²) in [6.45, 7) is 2.09. The lowest BCUT2D eigenvalue weighted by atomic mass is 9.91. The molecule has 1 atom stereocenters. The molecule has 0 radical (unpaired) electrons. The molecule has 22 heavy (non-hydrogen) atoms. The summed E-state index contributed by atoms with van der Waals surface area (Å²) in [5.74, 6) is 0.411. The number of nitrogens with zero attached hydrogens (tertiary/aromatic N) is 1. The van der Waals surface area contributed by atoms with Crippen LogP contribution in [0.3, 0.4) is 0 Å². The van der Waals surface area contributed by atoms with Crippen molar-refractivity contribution < 1.29 is 4.74 Å². The van der Waals surface area contributed by atoms with Crippen LogP contribution in [-0.2, 0) is 12.8 Å².